The van der Waals surface area contributed by atoms with Crippen LogP contribution in [0.25, 0.3) is 0 Å². The minimum absolute atomic E-state index is 0.0611. The molecule has 1 unspecified atom stereocenters. The van der Waals surface area contributed by atoms with Crippen molar-refractivity contribution in [2.75, 3.05) is 13.7 Å². The van der Waals surface area contributed by atoms with Crippen molar-refractivity contribution >= 4 is 0 Å². The van der Waals surface area contributed by atoms with Crippen LogP contribution >= 0.6 is 0 Å². The van der Waals surface area contributed by atoms with Gasteiger partial charge in [-0.05, 0) is 37.6 Å². The van der Waals surface area contributed by atoms with Crippen molar-refractivity contribution in [3.8, 4) is 5.75 Å². The Balaban J connectivity index is 2.41. The van der Waals surface area contributed by atoms with Crippen LogP contribution in [0.4, 0.5) is 0 Å². The molecule has 3 heteroatoms. The van der Waals surface area contributed by atoms with Crippen molar-refractivity contribution in [3.05, 3.63) is 59.4 Å². The van der Waals surface area contributed by atoms with E-state index in [0.717, 1.165) is 24.4 Å². The summed E-state index contributed by atoms with van der Waals surface area (Å²) in [6.07, 6.45) is 2.89. The van der Waals surface area contributed by atoms with Crippen molar-refractivity contribution in [3.63, 3.8) is 0 Å². The third kappa shape index (κ3) is 3.36. The Morgan fingerprint density at radius 1 is 1.25 bits per heavy atom. The Morgan fingerprint density at radius 2 is 2.10 bits per heavy atom. The van der Waals surface area contributed by atoms with Crippen LogP contribution in [0.5, 0.6) is 5.75 Å². The number of methoxy groups -OCH3 is 1. The summed E-state index contributed by atoms with van der Waals surface area (Å²) in [6, 6.07) is 12.4. The fraction of sp³-hybridized carbons (Fsp3) is 0.353. The van der Waals surface area contributed by atoms with Gasteiger partial charge in [0.2, 0.25) is 0 Å². The molecule has 0 aliphatic heterocycles. The zero-order valence-corrected chi connectivity index (χ0v) is 12.4. The van der Waals surface area contributed by atoms with Crippen LogP contribution in [0, 0.1) is 6.92 Å². The first-order valence-corrected chi connectivity index (χ1v) is 7.05. The minimum atomic E-state index is 0.0611. The van der Waals surface area contributed by atoms with Gasteiger partial charge in [-0.3, -0.25) is 4.98 Å². The number of hydrogen-bond acceptors (Lipinski definition) is 3. The second kappa shape index (κ2) is 7.06. The van der Waals surface area contributed by atoms with Gasteiger partial charge in [0.1, 0.15) is 11.4 Å². The van der Waals surface area contributed by atoms with E-state index in [1.165, 1.54) is 11.1 Å². The average Bonchev–Trinajstić information content (AvgIpc) is 2.48. The first kappa shape index (κ1) is 14.5. The molecule has 1 N–H and O–H groups in total. The number of nitrogens with one attached hydrogen (secondary N) is 1. The van der Waals surface area contributed by atoms with Crippen LogP contribution in [-0.4, -0.2) is 18.6 Å². The third-order valence-electron chi connectivity index (χ3n) is 3.27. The van der Waals surface area contributed by atoms with Crippen molar-refractivity contribution in [2.24, 2.45) is 0 Å². The second-order valence-electron chi connectivity index (χ2n) is 4.89. The fourth-order valence-electron chi connectivity index (χ4n) is 2.30. The molecule has 0 saturated heterocycles. The van der Waals surface area contributed by atoms with E-state index in [9.17, 15) is 0 Å². The van der Waals surface area contributed by atoms with E-state index in [2.05, 4.69) is 48.4 Å². The van der Waals surface area contributed by atoms with Crippen LogP contribution in [0.15, 0.2) is 42.6 Å². The lowest BCUT2D eigenvalue weighted by atomic mass is 10.0. The second-order valence-corrected chi connectivity index (χ2v) is 4.89. The van der Waals surface area contributed by atoms with E-state index in [1.807, 2.05) is 18.3 Å². The molecule has 0 amide bonds. The van der Waals surface area contributed by atoms with Gasteiger partial charge in [-0.2, -0.15) is 0 Å². The van der Waals surface area contributed by atoms with E-state index in [4.69, 9.17) is 4.74 Å². The first-order valence-electron chi connectivity index (χ1n) is 7.05. The number of aromatic nitrogens is 1. The average molecular weight is 270 g/mol. The number of rotatable bonds is 6. The van der Waals surface area contributed by atoms with Gasteiger partial charge >= 0.3 is 0 Å². The van der Waals surface area contributed by atoms with E-state index < -0.39 is 0 Å². The number of nitrogens with zero attached hydrogens (tertiary/aromatic N) is 1. The number of pyridine rings is 1. The van der Waals surface area contributed by atoms with Crippen LogP contribution in [0.3, 0.4) is 0 Å². The Kier molecular flexibility index (Phi) is 5.13. The fourth-order valence-corrected chi connectivity index (χ4v) is 2.30. The lowest BCUT2D eigenvalue weighted by Gasteiger charge is -2.21. The standard InChI is InChI=1S/C17H22N2O/c1-4-10-18-16(14-8-5-7-13(2)12-14)17-15(20-3)9-6-11-19-17/h5-9,11-12,16,18H,4,10H2,1-3H3. The van der Waals surface area contributed by atoms with E-state index in [-0.39, 0.29) is 6.04 Å². The van der Waals surface area contributed by atoms with Crippen LogP contribution in [0.1, 0.15) is 36.2 Å². The molecule has 2 rings (SSSR count). The van der Waals surface area contributed by atoms with Crippen LogP contribution in [-0.2, 0) is 0 Å². The maximum Gasteiger partial charge on any atom is 0.142 e. The molecule has 0 fully saturated rings. The van der Waals surface area contributed by atoms with Gasteiger partial charge in [0.05, 0.1) is 13.2 Å². The third-order valence-corrected chi connectivity index (χ3v) is 3.27. The minimum Gasteiger partial charge on any atom is -0.495 e. The van der Waals surface area contributed by atoms with Gasteiger partial charge in [-0.15, -0.1) is 0 Å². The molecule has 0 saturated carbocycles. The molecule has 0 radical (unpaired) electrons. The Morgan fingerprint density at radius 3 is 2.80 bits per heavy atom. The molecule has 1 atom stereocenters. The SMILES string of the molecule is CCCNC(c1cccc(C)c1)c1ncccc1OC. The molecule has 2 aromatic rings. The van der Waals surface area contributed by atoms with Crippen molar-refractivity contribution < 1.29 is 4.74 Å². The largest absolute Gasteiger partial charge is 0.495 e. The van der Waals surface area contributed by atoms with E-state index in [1.54, 1.807) is 7.11 Å². The van der Waals surface area contributed by atoms with Crippen molar-refractivity contribution in [1.82, 2.24) is 10.3 Å². The van der Waals surface area contributed by atoms with Gasteiger partial charge in [0.15, 0.2) is 0 Å². The van der Waals surface area contributed by atoms with Crippen LogP contribution < -0.4 is 10.1 Å². The van der Waals surface area contributed by atoms with Gasteiger partial charge in [0, 0.05) is 6.20 Å². The normalized spacial score (nSPS) is 12.2. The quantitative estimate of drug-likeness (QED) is 0.872. The summed E-state index contributed by atoms with van der Waals surface area (Å²) in [7, 11) is 1.69. The maximum absolute atomic E-state index is 5.46. The number of aryl methyl sites for hydroxylation is 1. The molecule has 1 heterocycles. The molecule has 0 bridgehead atoms. The monoisotopic (exact) mass is 270 g/mol. The highest BCUT2D eigenvalue weighted by atomic mass is 16.5. The van der Waals surface area contributed by atoms with Gasteiger partial charge in [-0.1, -0.05) is 36.8 Å². The molecule has 0 aliphatic rings. The Hall–Kier alpha value is -1.87. The van der Waals surface area contributed by atoms with E-state index >= 15 is 0 Å². The maximum atomic E-state index is 5.46. The molecule has 106 valence electrons. The predicted molar refractivity (Wildman–Crippen MR) is 82.1 cm³/mol. The topological polar surface area (TPSA) is 34.2 Å². The molecule has 1 aromatic carbocycles. The van der Waals surface area contributed by atoms with Crippen molar-refractivity contribution in [2.45, 2.75) is 26.3 Å². The predicted octanol–water partition coefficient (Wildman–Crippen LogP) is 3.49. The zero-order valence-electron chi connectivity index (χ0n) is 12.4. The highest BCUT2D eigenvalue weighted by Crippen LogP contribution is 2.28. The van der Waals surface area contributed by atoms with Gasteiger partial charge in [0.25, 0.3) is 0 Å². The first-order chi connectivity index (χ1) is 9.76. The summed E-state index contributed by atoms with van der Waals surface area (Å²) in [6.45, 7) is 5.21. The van der Waals surface area contributed by atoms with Crippen molar-refractivity contribution in [1.29, 1.82) is 0 Å². The van der Waals surface area contributed by atoms with Gasteiger partial charge in [-0.25, -0.2) is 0 Å². The summed E-state index contributed by atoms with van der Waals surface area (Å²) in [4.78, 5) is 4.52. The van der Waals surface area contributed by atoms with E-state index in [0.29, 0.717) is 0 Å². The number of ether oxygens (including phenoxy) is 1. The lowest BCUT2D eigenvalue weighted by molar-refractivity contribution is 0.399. The summed E-state index contributed by atoms with van der Waals surface area (Å²) < 4.78 is 5.46. The van der Waals surface area contributed by atoms with Crippen LogP contribution in [0.2, 0.25) is 0 Å². The molecular formula is C17H22N2O. The number of hydrogen-bond donors (Lipinski definition) is 1. The molecule has 0 aliphatic carbocycles. The molecule has 20 heavy (non-hydrogen) atoms. The summed E-state index contributed by atoms with van der Waals surface area (Å²) in [5.74, 6) is 0.822. The Bertz CT molecular complexity index is 554. The summed E-state index contributed by atoms with van der Waals surface area (Å²) in [5.41, 5.74) is 3.41. The molecular weight excluding hydrogens is 248 g/mol. The van der Waals surface area contributed by atoms with Gasteiger partial charge < -0.3 is 10.1 Å². The zero-order chi connectivity index (χ0) is 14.4. The molecule has 1 aromatic heterocycles. The Labute approximate surface area is 121 Å². The highest BCUT2D eigenvalue weighted by Gasteiger charge is 2.18. The number of benzene rings is 1. The molecule has 3 nitrogen and oxygen atoms in total. The smallest absolute Gasteiger partial charge is 0.142 e. The molecule has 0 spiro atoms. The summed E-state index contributed by atoms with van der Waals surface area (Å²) in [5, 5.41) is 3.56. The highest BCUT2D eigenvalue weighted by molar-refractivity contribution is 5.38. The lowest BCUT2D eigenvalue weighted by Crippen LogP contribution is -2.24. The summed E-state index contributed by atoms with van der Waals surface area (Å²) >= 11 is 0.